The Morgan fingerprint density at radius 3 is 2.12 bits per heavy atom. The van der Waals surface area contributed by atoms with Crippen LogP contribution in [0.5, 0.6) is 0 Å². The van der Waals surface area contributed by atoms with E-state index in [4.69, 9.17) is 0 Å². The third-order valence-corrected chi connectivity index (χ3v) is 6.24. The summed E-state index contributed by atoms with van der Waals surface area (Å²) in [5.41, 5.74) is 4.95. The Labute approximate surface area is 196 Å². The molecule has 0 aromatic heterocycles. The van der Waals surface area contributed by atoms with Crippen LogP contribution in [0.1, 0.15) is 29.2 Å². The molecule has 1 heterocycles. The van der Waals surface area contributed by atoms with Crippen molar-refractivity contribution in [3.8, 4) is 0 Å². The molecule has 3 rings (SSSR count). The van der Waals surface area contributed by atoms with Crippen molar-refractivity contribution in [3.63, 3.8) is 0 Å². The van der Waals surface area contributed by atoms with Crippen LogP contribution in [0, 0.1) is 20.8 Å². The van der Waals surface area contributed by atoms with E-state index in [0.717, 1.165) is 22.4 Å². The third-order valence-electron chi connectivity index (χ3n) is 6.24. The monoisotopic (exact) mass is 450 g/mol. The van der Waals surface area contributed by atoms with Gasteiger partial charge in [-0.3, -0.25) is 19.3 Å². The summed E-state index contributed by atoms with van der Waals surface area (Å²) in [5, 5.41) is 5.62. The van der Waals surface area contributed by atoms with E-state index in [9.17, 15) is 14.4 Å². The Balaban J connectivity index is 1.42. The van der Waals surface area contributed by atoms with Crippen molar-refractivity contribution in [2.24, 2.45) is 0 Å². The summed E-state index contributed by atoms with van der Waals surface area (Å²) < 4.78 is 0. The van der Waals surface area contributed by atoms with Crippen molar-refractivity contribution < 1.29 is 14.4 Å². The Hall–Kier alpha value is -3.19. The zero-order valence-corrected chi connectivity index (χ0v) is 20.0. The molecular weight excluding hydrogens is 416 g/mol. The molecule has 0 aliphatic carbocycles. The molecule has 7 nitrogen and oxygen atoms in total. The number of amides is 3. The van der Waals surface area contributed by atoms with Gasteiger partial charge in [-0.05, 0) is 44.4 Å². The molecule has 1 atom stereocenters. The van der Waals surface area contributed by atoms with Crippen molar-refractivity contribution in [2.45, 2.75) is 40.2 Å². The highest BCUT2D eigenvalue weighted by Gasteiger charge is 2.27. The van der Waals surface area contributed by atoms with E-state index in [2.05, 4.69) is 10.6 Å². The van der Waals surface area contributed by atoms with Gasteiger partial charge >= 0.3 is 0 Å². The summed E-state index contributed by atoms with van der Waals surface area (Å²) in [4.78, 5) is 41.5. The molecule has 0 saturated carbocycles. The molecule has 2 aromatic carbocycles. The van der Waals surface area contributed by atoms with Gasteiger partial charge < -0.3 is 15.5 Å². The maximum absolute atomic E-state index is 12.6. The van der Waals surface area contributed by atoms with Crippen molar-refractivity contribution in [1.29, 1.82) is 0 Å². The summed E-state index contributed by atoms with van der Waals surface area (Å²) in [6.07, 6.45) is 0.395. The average Bonchev–Trinajstić information content (AvgIpc) is 2.81. The predicted octanol–water partition coefficient (Wildman–Crippen LogP) is 2.44. The van der Waals surface area contributed by atoms with E-state index in [1.807, 2.05) is 80.0 Å². The molecule has 3 amide bonds. The number of nitrogens with zero attached hydrogens (tertiary/aromatic N) is 2. The lowest BCUT2D eigenvalue weighted by atomic mass is 10.1. The van der Waals surface area contributed by atoms with Gasteiger partial charge in [0.2, 0.25) is 17.7 Å². The van der Waals surface area contributed by atoms with Gasteiger partial charge in [0.1, 0.15) is 0 Å². The van der Waals surface area contributed by atoms with Crippen LogP contribution >= 0.6 is 0 Å². The summed E-state index contributed by atoms with van der Waals surface area (Å²) >= 11 is 0. The van der Waals surface area contributed by atoms with Gasteiger partial charge in [-0.1, -0.05) is 48.0 Å². The van der Waals surface area contributed by atoms with E-state index in [1.165, 1.54) is 5.56 Å². The zero-order chi connectivity index (χ0) is 24.0. The number of rotatable bonds is 7. The number of carbonyl (C=O) groups excluding carboxylic acids is 3. The number of hydrogen-bond acceptors (Lipinski definition) is 4. The number of hydrogen-bond donors (Lipinski definition) is 2. The first kappa shape index (κ1) is 24.5. The average molecular weight is 451 g/mol. The zero-order valence-electron chi connectivity index (χ0n) is 20.0. The van der Waals surface area contributed by atoms with Crippen molar-refractivity contribution >= 4 is 23.4 Å². The Morgan fingerprint density at radius 1 is 0.909 bits per heavy atom. The minimum Gasteiger partial charge on any atom is -0.346 e. The quantitative estimate of drug-likeness (QED) is 0.679. The highest BCUT2D eigenvalue weighted by atomic mass is 16.2. The van der Waals surface area contributed by atoms with Crippen LogP contribution in [0.3, 0.4) is 0 Å². The fourth-order valence-corrected chi connectivity index (χ4v) is 4.03. The van der Waals surface area contributed by atoms with Crippen LogP contribution in [-0.2, 0) is 20.8 Å². The minimum absolute atomic E-state index is 0.0774. The summed E-state index contributed by atoms with van der Waals surface area (Å²) in [5.74, 6) is -0.329. The molecule has 33 heavy (non-hydrogen) atoms. The van der Waals surface area contributed by atoms with Crippen molar-refractivity contribution in [3.05, 3.63) is 64.7 Å². The van der Waals surface area contributed by atoms with Crippen LogP contribution in [-0.4, -0.2) is 66.3 Å². The highest BCUT2D eigenvalue weighted by molar-refractivity contribution is 5.96. The Kier molecular flexibility index (Phi) is 8.22. The lowest BCUT2D eigenvalue weighted by Crippen LogP contribution is -2.55. The number of para-hydroxylation sites is 1. The predicted molar refractivity (Wildman–Crippen MR) is 130 cm³/mol. The van der Waals surface area contributed by atoms with Gasteiger partial charge in [-0.25, -0.2) is 0 Å². The fourth-order valence-electron chi connectivity index (χ4n) is 4.03. The normalized spacial score (nSPS) is 15.1. The smallest absolute Gasteiger partial charge is 0.243 e. The summed E-state index contributed by atoms with van der Waals surface area (Å²) in [6.45, 7) is 10.1. The molecule has 0 bridgehead atoms. The molecule has 1 unspecified atom stereocenters. The van der Waals surface area contributed by atoms with Gasteiger partial charge in [-0.15, -0.1) is 0 Å². The lowest BCUT2D eigenvalue weighted by molar-refractivity contribution is -0.134. The van der Waals surface area contributed by atoms with E-state index >= 15 is 0 Å². The van der Waals surface area contributed by atoms with Gasteiger partial charge in [-0.2, -0.15) is 0 Å². The number of aryl methyl sites for hydroxylation is 3. The fraction of sp³-hybridized carbons (Fsp3) is 0.423. The molecule has 2 aromatic rings. The molecule has 7 heteroatoms. The summed E-state index contributed by atoms with van der Waals surface area (Å²) in [6, 6.07) is 13.5. The largest absolute Gasteiger partial charge is 0.346 e. The molecule has 1 aliphatic heterocycles. The first-order valence-corrected chi connectivity index (χ1v) is 11.5. The summed E-state index contributed by atoms with van der Waals surface area (Å²) in [7, 11) is 0. The highest BCUT2D eigenvalue weighted by Crippen LogP contribution is 2.19. The van der Waals surface area contributed by atoms with Gasteiger partial charge in [0.25, 0.3) is 0 Å². The second-order valence-corrected chi connectivity index (χ2v) is 8.79. The second kappa shape index (κ2) is 11.1. The first-order valence-electron chi connectivity index (χ1n) is 11.5. The number of piperazine rings is 1. The van der Waals surface area contributed by atoms with E-state index in [-0.39, 0.29) is 30.3 Å². The number of carbonyl (C=O) groups is 3. The van der Waals surface area contributed by atoms with Crippen LogP contribution in [0.2, 0.25) is 0 Å². The maximum atomic E-state index is 12.6. The van der Waals surface area contributed by atoms with Gasteiger partial charge in [0, 0.05) is 31.9 Å². The van der Waals surface area contributed by atoms with Crippen molar-refractivity contribution in [2.75, 3.05) is 38.0 Å². The standard InChI is InChI=1S/C26H34N4O3/c1-18-8-10-22(11-9-18)16-24(32)30-14-12-29(13-15-30)21(4)26(33)27-17-23(31)28-25-19(2)6-5-7-20(25)3/h5-11,21H,12-17H2,1-4H3,(H,27,33)(H,28,31). The van der Waals surface area contributed by atoms with Crippen LogP contribution < -0.4 is 10.6 Å². The molecule has 0 spiro atoms. The Bertz CT molecular complexity index is 975. The topological polar surface area (TPSA) is 81.8 Å². The van der Waals surface area contributed by atoms with E-state index in [0.29, 0.717) is 32.6 Å². The SMILES string of the molecule is Cc1ccc(CC(=O)N2CCN(C(C)C(=O)NCC(=O)Nc3c(C)cccc3C)CC2)cc1. The molecule has 1 fully saturated rings. The van der Waals surface area contributed by atoms with E-state index < -0.39 is 0 Å². The number of anilines is 1. The lowest BCUT2D eigenvalue weighted by Gasteiger charge is -2.37. The maximum Gasteiger partial charge on any atom is 0.243 e. The molecule has 1 aliphatic rings. The molecule has 1 saturated heterocycles. The van der Waals surface area contributed by atoms with E-state index in [1.54, 1.807) is 0 Å². The minimum atomic E-state index is -0.368. The van der Waals surface area contributed by atoms with Gasteiger partial charge in [0.15, 0.2) is 0 Å². The van der Waals surface area contributed by atoms with Crippen LogP contribution in [0.25, 0.3) is 0 Å². The number of nitrogens with one attached hydrogen (secondary N) is 2. The molecule has 176 valence electrons. The Morgan fingerprint density at radius 2 is 1.52 bits per heavy atom. The first-order chi connectivity index (χ1) is 15.7. The van der Waals surface area contributed by atoms with Crippen molar-refractivity contribution in [1.82, 2.24) is 15.1 Å². The third kappa shape index (κ3) is 6.65. The van der Waals surface area contributed by atoms with Crippen LogP contribution in [0.15, 0.2) is 42.5 Å². The molecular formula is C26H34N4O3. The second-order valence-electron chi connectivity index (χ2n) is 8.79. The molecule has 2 N–H and O–H groups in total. The van der Waals surface area contributed by atoms with Gasteiger partial charge in [0.05, 0.1) is 19.0 Å². The number of benzene rings is 2. The molecule has 0 radical (unpaired) electrons. The van der Waals surface area contributed by atoms with Crippen LogP contribution in [0.4, 0.5) is 5.69 Å².